The largest absolute Gasteiger partial charge is 0.492 e. The number of hydrogen-bond acceptors (Lipinski definition) is 6. The van der Waals surface area contributed by atoms with E-state index in [9.17, 15) is 14.4 Å². The fraction of sp³-hybridized carbons (Fsp3) is 0.381. The van der Waals surface area contributed by atoms with Gasteiger partial charge in [-0.3, -0.25) is 9.59 Å². The summed E-state index contributed by atoms with van der Waals surface area (Å²) in [7, 11) is -0.677. The lowest BCUT2D eigenvalue weighted by molar-refractivity contribution is -0.118. The van der Waals surface area contributed by atoms with Crippen LogP contribution in [0.4, 0.5) is 0 Å². The van der Waals surface area contributed by atoms with Crippen molar-refractivity contribution >= 4 is 36.0 Å². The summed E-state index contributed by atoms with van der Waals surface area (Å²) < 4.78 is 17.5. The highest BCUT2D eigenvalue weighted by atomic mass is 16.7. The number of aromatic carboxylic acids is 1. The van der Waals surface area contributed by atoms with Crippen LogP contribution in [-0.2, 0) is 14.1 Å². The van der Waals surface area contributed by atoms with E-state index in [0.717, 1.165) is 6.07 Å². The second-order valence-corrected chi connectivity index (χ2v) is 8.25. The molecule has 0 atom stereocenters. The normalized spacial score (nSPS) is 17.9. The number of carbonyl (C=O) groups excluding carboxylic acids is 1. The van der Waals surface area contributed by atoms with Gasteiger partial charge in [-0.25, -0.2) is 4.79 Å². The average Bonchev–Trinajstić information content (AvgIpc) is 2.86. The molecule has 30 heavy (non-hydrogen) atoms. The van der Waals surface area contributed by atoms with Crippen LogP contribution in [-0.4, -0.2) is 41.8 Å². The Kier molecular flexibility index (Phi) is 5.62. The van der Waals surface area contributed by atoms with Gasteiger partial charge in [-0.1, -0.05) is 12.1 Å². The van der Waals surface area contributed by atoms with E-state index in [2.05, 4.69) is 5.32 Å². The first-order valence-electron chi connectivity index (χ1n) is 9.51. The third-order valence-corrected chi connectivity index (χ3v) is 5.41. The Morgan fingerprint density at radius 3 is 2.33 bits per heavy atom. The van der Waals surface area contributed by atoms with E-state index in [1.165, 1.54) is 13.0 Å². The van der Waals surface area contributed by atoms with E-state index in [1.54, 1.807) is 18.2 Å². The van der Waals surface area contributed by atoms with E-state index in [4.69, 9.17) is 18.8 Å². The average molecular weight is 413 g/mol. The molecule has 0 bridgehead atoms. The second-order valence-electron chi connectivity index (χ2n) is 8.25. The van der Waals surface area contributed by atoms with Gasteiger partial charge in [0.1, 0.15) is 5.58 Å². The van der Waals surface area contributed by atoms with Crippen LogP contribution in [0.25, 0.3) is 17.0 Å². The number of nitrogens with one attached hydrogen (secondary N) is 1. The summed E-state index contributed by atoms with van der Waals surface area (Å²) in [6.07, 6.45) is 1.78. The maximum Gasteiger partial charge on any atom is 0.492 e. The zero-order chi connectivity index (χ0) is 22.3. The Morgan fingerprint density at radius 2 is 1.77 bits per heavy atom. The van der Waals surface area contributed by atoms with Crippen molar-refractivity contribution < 1.29 is 28.4 Å². The van der Waals surface area contributed by atoms with Gasteiger partial charge in [0.2, 0.25) is 11.7 Å². The maximum absolute atomic E-state index is 12.3. The van der Waals surface area contributed by atoms with Gasteiger partial charge in [-0.2, -0.15) is 0 Å². The minimum atomic E-state index is -1.31. The molecule has 0 radical (unpaired) electrons. The van der Waals surface area contributed by atoms with Crippen molar-refractivity contribution in [3.05, 3.63) is 51.3 Å². The Hall–Kier alpha value is -2.91. The van der Waals surface area contributed by atoms with Gasteiger partial charge < -0.3 is 24.1 Å². The molecular formula is C21H24BNO7. The first-order valence-corrected chi connectivity index (χ1v) is 9.51. The highest BCUT2D eigenvalue weighted by molar-refractivity contribution is 6.56. The van der Waals surface area contributed by atoms with Crippen molar-refractivity contribution in [1.82, 2.24) is 5.32 Å². The lowest BCUT2D eigenvalue weighted by Crippen LogP contribution is -2.41. The minimum Gasteiger partial charge on any atom is -0.475 e. The molecule has 9 heteroatoms. The van der Waals surface area contributed by atoms with Crippen molar-refractivity contribution in [2.24, 2.45) is 0 Å². The SMILES string of the molecule is CC(=O)NCC(=Cc1ccc2oc(C(=O)O)cc(=O)c2c1)B1OC(C)(C)C(C)(C)O1. The number of amides is 1. The van der Waals surface area contributed by atoms with Gasteiger partial charge in [-0.05, 0) is 50.9 Å². The summed E-state index contributed by atoms with van der Waals surface area (Å²) in [5.74, 6) is -1.92. The molecule has 1 fully saturated rings. The first-order chi connectivity index (χ1) is 13.9. The van der Waals surface area contributed by atoms with Crippen molar-refractivity contribution in [2.75, 3.05) is 6.54 Å². The highest BCUT2D eigenvalue weighted by Crippen LogP contribution is 2.38. The Balaban J connectivity index is 2.02. The van der Waals surface area contributed by atoms with Crippen LogP contribution in [0.1, 0.15) is 50.7 Å². The topological polar surface area (TPSA) is 115 Å². The van der Waals surface area contributed by atoms with Crippen LogP contribution in [0, 0.1) is 0 Å². The third-order valence-electron chi connectivity index (χ3n) is 5.41. The van der Waals surface area contributed by atoms with Crippen molar-refractivity contribution in [2.45, 2.75) is 45.8 Å². The monoisotopic (exact) mass is 413 g/mol. The summed E-state index contributed by atoms with van der Waals surface area (Å²) in [4.78, 5) is 34.9. The highest BCUT2D eigenvalue weighted by Gasteiger charge is 2.52. The number of benzene rings is 1. The third kappa shape index (κ3) is 4.32. The van der Waals surface area contributed by atoms with Crippen LogP contribution in [0.3, 0.4) is 0 Å². The Labute approximate surface area is 174 Å². The lowest BCUT2D eigenvalue weighted by atomic mass is 9.77. The van der Waals surface area contributed by atoms with Crippen LogP contribution >= 0.6 is 0 Å². The van der Waals surface area contributed by atoms with E-state index >= 15 is 0 Å². The van der Waals surface area contributed by atoms with E-state index in [-0.39, 0.29) is 23.4 Å². The zero-order valence-corrected chi connectivity index (χ0v) is 17.6. The molecule has 1 aliphatic heterocycles. The molecule has 2 N–H and O–H groups in total. The van der Waals surface area contributed by atoms with Crippen molar-refractivity contribution in [1.29, 1.82) is 0 Å². The van der Waals surface area contributed by atoms with Gasteiger partial charge in [0, 0.05) is 19.5 Å². The van der Waals surface area contributed by atoms with E-state index < -0.39 is 35.5 Å². The predicted molar refractivity (Wildman–Crippen MR) is 112 cm³/mol. The molecule has 158 valence electrons. The molecule has 0 saturated carbocycles. The summed E-state index contributed by atoms with van der Waals surface area (Å²) in [5, 5.41) is 12.1. The van der Waals surface area contributed by atoms with Crippen LogP contribution in [0.2, 0.25) is 0 Å². The molecule has 2 heterocycles. The summed E-state index contributed by atoms with van der Waals surface area (Å²) in [5.41, 5.74) is -0.0447. The van der Waals surface area contributed by atoms with Crippen molar-refractivity contribution in [3.63, 3.8) is 0 Å². The first kappa shape index (κ1) is 21.8. The molecule has 1 saturated heterocycles. The van der Waals surface area contributed by atoms with Crippen molar-refractivity contribution in [3.8, 4) is 0 Å². The number of fused-ring (bicyclic) bond motifs is 1. The minimum absolute atomic E-state index is 0.177. The summed E-state index contributed by atoms with van der Waals surface area (Å²) in [6, 6.07) is 5.78. The molecule has 1 aliphatic rings. The molecule has 0 spiro atoms. The molecule has 1 amide bonds. The number of carboxylic acids is 1. The van der Waals surface area contributed by atoms with Gasteiger partial charge in [0.05, 0.1) is 16.6 Å². The Bertz CT molecular complexity index is 1080. The number of carbonyl (C=O) groups is 2. The smallest absolute Gasteiger partial charge is 0.475 e. The standard InChI is InChI=1S/C21H24BNO7/c1-12(24)23-11-14(22-29-20(2,3)21(4,5)30-22)8-13-6-7-17-15(9-13)16(25)10-18(28-17)19(26)27/h6-10H,11H2,1-5H3,(H,23,24)(H,26,27). The maximum atomic E-state index is 12.3. The van der Waals surface area contributed by atoms with Gasteiger partial charge in [-0.15, -0.1) is 0 Å². The van der Waals surface area contributed by atoms with E-state index in [1.807, 2.05) is 27.7 Å². The quantitative estimate of drug-likeness (QED) is 0.724. The zero-order valence-electron chi connectivity index (χ0n) is 17.6. The Morgan fingerprint density at radius 1 is 1.13 bits per heavy atom. The number of hydrogen-bond donors (Lipinski definition) is 2. The lowest BCUT2D eigenvalue weighted by Gasteiger charge is -2.32. The van der Waals surface area contributed by atoms with Crippen LogP contribution in [0.15, 0.2) is 38.9 Å². The van der Waals surface area contributed by atoms with Gasteiger partial charge in [0.25, 0.3) is 0 Å². The number of rotatable bonds is 5. The molecule has 0 unspecified atom stereocenters. The molecular weight excluding hydrogens is 389 g/mol. The summed E-state index contributed by atoms with van der Waals surface area (Å²) in [6.45, 7) is 9.36. The van der Waals surface area contributed by atoms with E-state index in [0.29, 0.717) is 11.0 Å². The fourth-order valence-corrected chi connectivity index (χ4v) is 3.01. The molecule has 1 aromatic carbocycles. The second kappa shape index (κ2) is 7.73. The predicted octanol–water partition coefficient (Wildman–Crippen LogP) is 2.64. The molecule has 0 aliphatic carbocycles. The molecule has 2 aromatic rings. The molecule has 1 aromatic heterocycles. The molecule has 8 nitrogen and oxygen atoms in total. The van der Waals surface area contributed by atoms with Crippen LogP contribution < -0.4 is 10.7 Å². The van der Waals surface area contributed by atoms with Gasteiger partial charge in [0.15, 0.2) is 5.43 Å². The summed E-state index contributed by atoms with van der Waals surface area (Å²) >= 11 is 0. The fourth-order valence-electron chi connectivity index (χ4n) is 3.01. The molecule has 3 rings (SSSR count). The van der Waals surface area contributed by atoms with Gasteiger partial charge >= 0.3 is 13.1 Å². The number of carboxylic acid groups (broad SMARTS) is 1. The van der Waals surface area contributed by atoms with Crippen LogP contribution in [0.5, 0.6) is 0 Å².